The van der Waals surface area contributed by atoms with Gasteiger partial charge in [0, 0.05) is 19.5 Å². The second kappa shape index (κ2) is 4.58. The van der Waals surface area contributed by atoms with E-state index in [1.807, 2.05) is 19.0 Å². The average molecular weight is 241 g/mol. The number of nitrogens with one attached hydrogen (secondary N) is 1. The van der Waals surface area contributed by atoms with Gasteiger partial charge in [0.1, 0.15) is 5.82 Å². The van der Waals surface area contributed by atoms with E-state index in [0.29, 0.717) is 0 Å². The summed E-state index contributed by atoms with van der Waals surface area (Å²) in [6, 6.07) is 8.84. The molecule has 1 N–H and O–H groups in total. The lowest BCUT2D eigenvalue weighted by Gasteiger charge is -2.13. The lowest BCUT2D eigenvalue weighted by molar-refractivity contribution is 0.711. The molecule has 3 rings (SSSR count). The van der Waals surface area contributed by atoms with Crippen molar-refractivity contribution in [2.45, 2.75) is 12.8 Å². The molecule has 0 saturated carbocycles. The fourth-order valence-electron chi connectivity index (χ4n) is 2.54. The molecular weight excluding hydrogens is 222 g/mol. The minimum absolute atomic E-state index is 1.02. The monoisotopic (exact) mass is 241 g/mol. The van der Waals surface area contributed by atoms with Crippen LogP contribution in [0.5, 0.6) is 0 Å². The predicted octanol–water partition coefficient (Wildman–Crippen LogP) is 1.99. The lowest BCUT2D eigenvalue weighted by Crippen LogP contribution is -2.16. The Labute approximate surface area is 108 Å². The predicted molar refractivity (Wildman–Crippen MR) is 76.3 cm³/mol. The topological polar surface area (TPSA) is 28.2 Å². The summed E-state index contributed by atoms with van der Waals surface area (Å²) in [5, 5.41) is 4.70. The normalized spacial score (nSPS) is 15.2. The number of fused-ring (bicyclic) bond motifs is 2. The van der Waals surface area contributed by atoms with Crippen LogP contribution in [0.4, 0.5) is 5.82 Å². The van der Waals surface area contributed by atoms with Crippen LogP contribution in [0, 0.1) is 0 Å². The van der Waals surface area contributed by atoms with Crippen LogP contribution in [0.15, 0.2) is 24.3 Å². The number of pyridine rings is 1. The first kappa shape index (κ1) is 11.5. The van der Waals surface area contributed by atoms with Gasteiger partial charge in [-0.05, 0) is 61.3 Å². The Bertz CT molecular complexity index is 575. The van der Waals surface area contributed by atoms with Gasteiger partial charge in [-0.3, -0.25) is 0 Å². The summed E-state index contributed by atoms with van der Waals surface area (Å²) < 4.78 is 0. The smallest absolute Gasteiger partial charge is 0.128 e. The van der Waals surface area contributed by atoms with Crippen molar-refractivity contribution in [2.24, 2.45) is 0 Å². The van der Waals surface area contributed by atoms with E-state index in [4.69, 9.17) is 4.98 Å². The molecule has 0 spiro atoms. The highest BCUT2D eigenvalue weighted by atomic mass is 15.1. The standard InChI is InChI=1S/C15H19N3/c1-18(2)15-4-3-13-9-11-5-7-16-8-6-12(11)10-14(13)17-15/h3-4,9-10,16H,5-8H2,1-2H3. The molecule has 1 aliphatic heterocycles. The Kier molecular flexibility index (Phi) is 2.92. The highest BCUT2D eigenvalue weighted by molar-refractivity contribution is 5.82. The quantitative estimate of drug-likeness (QED) is 0.827. The Morgan fingerprint density at radius 1 is 1.06 bits per heavy atom. The van der Waals surface area contributed by atoms with E-state index in [2.05, 4.69) is 29.6 Å². The molecule has 0 atom stereocenters. The third-order valence-corrected chi connectivity index (χ3v) is 3.60. The SMILES string of the molecule is CN(C)c1ccc2cc3c(cc2n1)CCNCC3. The van der Waals surface area contributed by atoms with Gasteiger partial charge in [-0.2, -0.15) is 0 Å². The summed E-state index contributed by atoms with van der Waals surface area (Å²) >= 11 is 0. The zero-order chi connectivity index (χ0) is 12.5. The summed E-state index contributed by atoms with van der Waals surface area (Å²) in [5.41, 5.74) is 4.05. The van der Waals surface area contributed by atoms with Crippen molar-refractivity contribution in [3.05, 3.63) is 35.4 Å². The molecule has 0 amide bonds. The van der Waals surface area contributed by atoms with Gasteiger partial charge < -0.3 is 10.2 Å². The Balaban J connectivity index is 2.13. The number of hydrogen-bond acceptors (Lipinski definition) is 3. The highest BCUT2D eigenvalue weighted by Crippen LogP contribution is 2.23. The largest absolute Gasteiger partial charge is 0.363 e. The van der Waals surface area contributed by atoms with Crippen LogP contribution in [0.1, 0.15) is 11.1 Å². The summed E-state index contributed by atoms with van der Waals surface area (Å²) in [6.07, 6.45) is 2.24. The third-order valence-electron chi connectivity index (χ3n) is 3.60. The van der Waals surface area contributed by atoms with E-state index in [1.54, 1.807) is 0 Å². The Morgan fingerprint density at radius 3 is 2.50 bits per heavy atom. The van der Waals surface area contributed by atoms with E-state index in [0.717, 1.165) is 37.3 Å². The fourth-order valence-corrected chi connectivity index (χ4v) is 2.54. The minimum Gasteiger partial charge on any atom is -0.363 e. The van der Waals surface area contributed by atoms with Crippen molar-refractivity contribution in [1.29, 1.82) is 0 Å². The average Bonchev–Trinajstić information content (AvgIpc) is 2.59. The minimum atomic E-state index is 1.02. The van der Waals surface area contributed by atoms with Gasteiger partial charge in [-0.15, -0.1) is 0 Å². The van der Waals surface area contributed by atoms with Gasteiger partial charge >= 0.3 is 0 Å². The van der Waals surface area contributed by atoms with Gasteiger partial charge in [-0.25, -0.2) is 4.98 Å². The van der Waals surface area contributed by atoms with E-state index in [9.17, 15) is 0 Å². The van der Waals surface area contributed by atoms with Crippen LogP contribution in [-0.2, 0) is 12.8 Å². The summed E-state index contributed by atoms with van der Waals surface area (Å²) in [7, 11) is 4.06. The first-order chi connectivity index (χ1) is 8.74. The summed E-state index contributed by atoms with van der Waals surface area (Å²) in [6.45, 7) is 2.16. The first-order valence-corrected chi connectivity index (χ1v) is 6.54. The maximum absolute atomic E-state index is 4.72. The van der Waals surface area contributed by atoms with Crippen molar-refractivity contribution in [1.82, 2.24) is 10.3 Å². The van der Waals surface area contributed by atoms with Crippen molar-refractivity contribution in [3.8, 4) is 0 Å². The first-order valence-electron chi connectivity index (χ1n) is 6.54. The number of hydrogen-bond donors (Lipinski definition) is 1. The van der Waals surface area contributed by atoms with Crippen LogP contribution in [0.25, 0.3) is 10.9 Å². The summed E-state index contributed by atoms with van der Waals surface area (Å²) in [4.78, 5) is 6.77. The highest BCUT2D eigenvalue weighted by Gasteiger charge is 2.10. The molecule has 0 unspecified atom stereocenters. The molecule has 1 aromatic heterocycles. The molecule has 0 saturated heterocycles. The van der Waals surface area contributed by atoms with Crippen molar-refractivity contribution in [2.75, 3.05) is 32.1 Å². The van der Waals surface area contributed by atoms with Crippen molar-refractivity contribution >= 4 is 16.7 Å². The van der Waals surface area contributed by atoms with E-state index >= 15 is 0 Å². The van der Waals surface area contributed by atoms with Gasteiger partial charge in [0.15, 0.2) is 0 Å². The van der Waals surface area contributed by atoms with Crippen molar-refractivity contribution < 1.29 is 0 Å². The second-order valence-electron chi connectivity index (χ2n) is 5.13. The van der Waals surface area contributed by atoms with Gasteiger partial charge in [0.25, 0.3) is 0 Å². The molecule has 3 nitrogen and oxygen atoms in total. The molecule has 1 aromatic carbocycles. The number of rotatable bonds is 1. The second-order valence-corrected chi connectivity index (χ2v) is 5.13. The third kappa shape index (κ3) is 2.06. The molecule has 0 fully saturated rings. The summed E-state index contributed by atoms with van der Waals surface area (Å²) in [5.74, 6) is 1.02. The van der Waals surface area contributed by atoms with Crippen LogP contribution in [0.2, 0.25) is 0 Å². The Morgan fingerprint density at radius 2 is 1.78 bits per heavy atom. The number of aromatic nitrogens is 1. The van der Waals surface area contributed by atoms with E-state index in [1.165, 1.54) is 16.5 Å². The molecule has 94 valence electrons. The number of anilines is 1. The van der Waals surface area contributed by atoms with Gasteiger partial charge in [-0.1, -0.05) is 0 Å². The number of benzene rings is 1. The van der Waals surface area contributed by atoms with Crippen LogP contribution >= 0.6 is 0 Å². The molecule has 1 aliphatic rings. The van der Waals surface area contributed by atoms with Gasteiger partial charge in [0.05, 0.1) is 5.52 Å². The molecule has 0 bridgehead atoms. The zero-order valence-electron chi connectivity index (χ0n) is 11.0. The van der Waals surface area contributed by atoms with Crippen LogP contribution < -0.4 is 10.2 Å². The maximum atomic E-state index is 4.72. The van der Waals surface area contributed by atoms with Gasteiger partial charge in [0.2, 0.25) is 0 Å². The van der Waals surface area contributed by atoms with Crippen molar-refractivity contribution in [3.63, 3.8) is 0 Å². The lowest BCUT2D eigenvalue weighted by atomic mass is 10.00. The van der Waals surface area contributed by atoms with Crippen LogP contribution in [0.3, 0.4) is 0 Å². The Hall–Kier alpha value is -1.61. The molecular formula is C15H19N3. The molecule has 18 heavy (non-hydrogen) atoms. The molecule has 2 heterocycles. The molecule has 0 radical (unpaired) electrons. The molecule has 3 heteroatoms. The van der Waals surface area contributed by atoms with E-state index in [-0.39, 0.29) is 0 Å². The number of nitrogens with zero attached hydrogens (tertiary/aromatic N) is 2. The van der Waals surface area contributed by atoms with Crippen LogP contribution in [-0.4, -0.2) is 32.2 Å². The van der Waals surface area contributed by atoms with E-state index < -0.39 is 0 Å². The zero-order valence-corrected chi connectivity index (χ0v) is 11.0. The maximum Gasteiger partial charge on any atom is 0.128 e. The molecule has 2 aromatic rings. The fraction of sp³-hybridized carbons (Fsp3) is 0.400. The molecule has 0 aliphatic carbocycles.